The Morgan fingerprint density at radius 3 is 2.83 bits per heavy atom. The average molecular weight is 333 g/mol. The van der Waals surface area contributed by atoms with Crippen LogP contribution in [0.1, 0.15) is 24.6 Å². The molecule has 1 amide bonds. The summed E-state index contributed by atoms with van der Waals surface area (Å²) >= 11 is 1.20. The first-order chi connectivity index (χ1) is 11.0. The number of fused-ring (bicyclic) bond motifs is 1. The lowest BCUT2D eigenvalue weighted by Crippen LogP contribution is -2.23. The highest BCUT2D eigenvalue weighted by Crippen LogP contribution is 2.23. The first-order valence-electron chi connectivity index (χ1n) is 7.38. The number of halogens is 1. The first-order valence-corrected chi connectivity index (χ1v) is 8.26. The molecule has 1 aliphatic carbocycles. The van der Waals surface area contributed by atoms with Crippen LogP contribution in [0.5, 0.6) is 0 Å². The molecule has 0 saturated carbocycles. The Morgan fingerprint density at radius 2 is 2.09 bits per heavy atom. The van der Waals surface area contributed by atoms with Crippen molar-refractivity contribution in [3.63, 3.8) is 0 Å². The maximum absolute atomic E-state index is 12.9. The van der Waals surface area contributed by atoms with E-state index in [0.717, 1.165) is 30.5 Å². The number of nitrogens with zero attached hydrogens (tertiary/aromatic N) is 1. The molecule has 0 fully saturated rings. The van der Waals surface area contributed by atoms with Crippen LogP contribution in [0.15, 0.2) is 34.2 Å². The Kier molecular flexibility index (Phi) is 4.47. The Hall–Kier alpha value is -2.15. The smallest absolute Gasteiger partial charge is 0.254 e. The highest BCUT2D eigenvalue weighted by molar-refractivity contribution is 8.00. The quantitative estimate of drug-likeness (QED) is 0.666. The largest absolute Gasteiger partial charge is 0.325 e. The van der Waals surface area contributed by atoms with Crippen LogP contribution in [0.2, 0.25) is 0 Å². The van der Waals surface area contributed by atoms with Crippen molar-refractivity contribution in [2.75, 3.05) is 5.32 Å². The van der Waals surface area contributed by atoms with Gasteiger partial charge in [0.25, 0.3) is 5.56 Å². The molecule has 2 N–H and O–H groups in total. The first kappa shape index (κ1) is 15.7. The van der Waals surface area contributed by atoms with Gasteiger partial charge in [0.05, 0.1) is 10.9 Å². The third-order valence-corrected chi connectivity index (χ3v) is 4.67. The van der Waals surface area contributed by atoms with E-state index in [4.69, 9.17) is 0 Å². The van der Waals surface area contributed by atoms with Crippen LogP contribution >= 0.6 is 11.8 Å². The summed E-state index contributed by atoms with van der Waals surface area (Å²) in [7, 11) is 0. The lowest BCUT2D eigenvalue weighted by molar-refractivity contribution is -0.115. The van der Waals surface area contributed by atoms with Crippen molar-refractivity contribution in [1.82, 2.24) is 9.97 Å². The fourth-order valence-corrected chi connectivity index (χ4v) is 3.29. The molecule has 0 aliphatic heterocycles. The molecule has 3 rings (SSSR count). The number of rotatable bonds is 4. The predicted molar refractivity (Wildman–Crippen MR) is 87.2 cm³/mol. The van der Waals surface area contributed by atoms with Crippen molar-refractivity contribution in [3.05, 3.63) is 51.7 Å². The molecule has 1 unspecified atom stereocenters. The normalized spacial score (nSPS) is 14.3. The van der Waals surface area contributed by atoms with Gasteiger partial charge in [-0.25, -0.2) is 9.37 Å². The number of aromatic nitrogens is 2. The molecule has 0 radical (unpaired) electrons. The summed E-state index contributed by atoms with van der Waals surface area (Å²) in [5.41, 5.74) is 2.01. The van der Waals surface area contributed by atoms with Gasteiger partial charge in [-0.1, -0.05) is 11.8 Å². The molecule has 23 heavy (non-hydrogen) atoms. The molecule has 2 aromatic rings. The Balaban J connectivity index is 1.68. The van der Waals surface area contributed by atoms with Gasteiger partial charge in [0.1, 0.15) is 5.82 Å². The van der Waals surface area contributed by atoms with Gasteiger partial charge in [0, 0.05) is 11.3 Å². The summed E-state index contributed by atoms with van der Waals surface area (Å²) in [4.78, 5) is 31.3. The number of anilines is 1. The molecular formula is C16H16FN3O2S. The lowest BCUT2D eigenvalue weighted by atomic mass is 10.3. The highest BCUT2D eigenvalue weighted by atomic mass is 32.2. The molecular weight excluding hydrogens is 317 g/mol. The van der Waals surface area contributed by atoms with Crippen molar-refractivity contribution in [1.29, 1.82) is 0 Å². The number of aromatic amines is 1. The van der Waals surface area contributed by atoms with Crippen LogP contribution in [0.3, 0.4) is 0 Å². The summed E-state index contributed by atoms with van der Waals surface area (Å²) in [6.07, 6.45) is 2.52. The molecule has 0 saturated heterocycles. The second-order valence-corrected chi connectivity index (χ2v) is 6.74. The molecule has 1 aromatic heterocycles. The van der Waals surface area contributed by atoms with Crippen LogP contribution in [0.25, 0.3) is 0 Å². The molecule has 5 nitrogen and oxygen atoms in total. The summed E-state index contributed by atoms with van der Waals surface area (Å²) in [5, 5.41) is 2.72. The zero-order chi connectivity index (χ0) is 16.4. The van der Waals surface area contributed by atoms with E-state index in [2.05, 4.69) is 15.3 Å². The van der Waals surface area contributed by atoms with E-state index in [-0.39, 0.29) is 17.3 Å². The lowest BCUT2D eigenvalue weighted by Gasteiger charge is -2.12. The molecule has 7 heteroatoms. The summed E-state index contributed by atoms with van der Waals surface area (Å²) in [6, 6.07) is 5.57. The molecule has 1 heterocycles. The van der Waals surface area contributed by atoms with Gasteiger partial charge in [-0.2, -0.15) is 0 Å². The van der Waals surface area contributed by atoms with Gasteiger partial charge < -0.3 is 10.3 Å². The Labute approximate surface area is 136 Å². The van der Waals surface area contributed by atoms with Gasteiger partial charge in [0.2, 0.25) is 5.91 Å². The SMILES string of the molecule is CC(Sc1nc2c(c(=O)[nH]1)CCC2)C(=O)Nc1ccc(F)cc1. The molecule has 1 atom stereocenters. The van der Waals surface area contributed by atoms with Gasteiger partial charge >= 0.3 is 0 Å². The number of nitrogens with one attached hydrogen (secondary N) is 2. The number of benzene rings is 1. The molecule has 0 bridgehead atoms. The zero-order valence-electron chi connectivity index (χ0n) is 12.6. The molecule has 1 aliphatic rings. The summed E-state index contributed by atoms with van der Waals surface area (Å²) in [5.74, 6) is -0.588. The second-order valence-electron chi connectivity index (χ2n) is 5.41. The van der Waals surface area contributed by atoms with Crippen LogP contribution < -0.4 is 10.9 Å². The fraction of sp³-hybridized carbons (Fsp3) is 0.312. The van der Waals surface area contributed by atoms with Crippen molar-refractivity contribution >= 4 is 23.4 Å². The standard InChI is InChI=1S/C16H16FN3O2S/c1-9(14(21)18-11-7-5-10(17)6-8-11)23-16-19-13-4-2-3-12(13)15(22)20-16/h5-9H,2-4H2,1H3,(H,18,21)(H,19,20,22). The monoisotopic (exact) mass is 333 g/mol. The number of amides is 1. The zero-order valence-corrected chi connectivity index (χ0v) is 13.4. The number of H-pyrrole nitrogens is 1. The number of hydrogen-bond donors (Lipinski definition) is 2. The van der Waals surface area contributed by atoms with E-state index >= 15 is 0 Å². The van der Waals surface area contributed by atoms with E-state index < -0.39 is 5.25 Å². The number of aryl methyl sites for hydroxylation is 1. The number of carbonyl (C=O) groups excluding carboxylic acids is 1. The van der Waals surface area contributed by atoms with Crippen LogP contribution in [0.4, 0.5) is 10.1 Å². The molecule has 0 spiro atoms. The van der Waals surface area contributed by atoms with Crippen LogP contribution in [-0.4, -0.2) is 21.1 Å². The topological polar surface area (TPSA) is 74.8 Å². The van der Waals surface area contributed by atoms with E-state index in [1.165, 1.54) is 36.0 Å². The number of carbonyl (C=O) groups is 1. The van der Waals surface area contributed by atoms with E-state index in [0.29, 0.717) is 10.8 Å². The van der Waals surface area contributed by atoms with E-state index in [9.17, 15) is 14.0 Å². The second kappa shape index (κ2) is 6.54. The Morgan fingerprint density at radius 1 is 1.35 bits per heavy atom. The van der Waals surface area contributed by atoms with Gasteiger partial charge in [0.15, 0.2) is 5.16 Å². The van der Waals surface area contributed by atoms with E-state index in [1.54, 1.807) is 6.92 Å². The van der Waals surface area contributed by atoms with Crippen LogP contribution in [-0.2, 0) is 17.6 Å². The third kappa shape index (κ3) is 3.61. The predicted octanol–water partition coefficient (Wildman–Crippen LogP) is 2.52. The minimum Gasteiger partial charge on any atom is -0.325 e. The maximum Gasteiger partial charge on any atom is 0.254 e. The van der Waals surface area contributed by atoms with Gasteiger partial charge in [-0.05, 0) is 50.5 Å². The van der Waals surface area contributed by atoms with E-state index in [1.807, 2.05) is 0 Å². The fourth-order valence-electron chi connectivity index (χ4n) is 2.47. The minimum absolute atomic E-state index is 0.110. The van der Waals surface area contributed by atoms with Crippen molar-refractivity contribution in [2.45, 2.75) is 36.6 Å². The van der Waals surface area contributed by atoms with Crippen molar-refractivity contribution in [2.24, 2.45) is 0 Å². The molecule has 1 aromatic carbocycles. The van der Waals surface area contributed by atoms with Gasteiger partial charge in [-0.3, -0.25) is 9.59 Å². The van der Waals surface area contributed by atoms with Gasteiger partial charge in [-0.15, -0.1) is 0 Å². The maximum atomic E-state index is 12.9. The minimum atomic E-state index is -0.442. The molecule has 120 valence electrons. The Bertz CT molecular complexity index is 789. The number of hydrogen-bond acceptors (Lipinski definition) is 4. The highest BCUT2D eigenvalue weighted by Gasteiger charge is 2.20. The van der Waals surface area contributed by atoms with Crippen LogP contribution in [0, 0.1) is 5.82 Å². The summed E-state index contributed by atoms with van der Waals surface area (Å²) in [6.45, 7) is 1.73. The third-order valence-electron chi connectivity index (χ3n) is 3.69. The summed E-state index contributed by atoms with van der Waals surface area (Å²) < 4.78 is 12.9. The van der Waals surface area contributed by atoms with Crippen molar-refractivity contribution in [3.8, 4) is 0 Å². The average Bonchev–Trinajstić information content (AvgIpc) is 2.98. The van der Waals surface area contributed by atoms with Crippen molar-refractivity contribution < 1.29 is 9.18 Å². The number of thioether (sulfide) groups is 1.